The van der Waals surface area contributed by atoms with E-state index in [9.17, 15) is 9.50 Å². The van der Waals surface area contributed by atoms with E-state index < -0.39 is 11.9 Å². The molecular formula is C15H11ClFNO2. The maximum Gasteiger partial charge on any atom is 0.148 e. The molecule has 1 N–H and O–H groups in total. The summed E-state index contributed by atoms with van der Waals surface area (Å²) in [5.41, 5.74) is 0.405. The van der Waals surface area contributed by atoms with E-state index in [0.717, 1.165) is 0 Å². The monoisotopic (exact) mass is 291 g/mol. The maximum absolute atomic E-state index is 13.4. The van der Waals surface area contributed by atoms with Gasteiger partial charge in [-0.15, -0.1) is 0 Å². The number of aliphatic hydroxyl groups is 1. The van der Waals surface area contributed by atoms with Crippen LogP contribution >= 0.6 is 11.6 Å². The quantitative estimate of drug-likeness (QED) is 0.922. The highest BCUT2D eigenvalue weighted by Gasteiger charge is 2.12. The van der Waals surface area contributed by atoms with Crippen molar-refractivity contribution in [2.45, 2.75) is 13.0 Å². The van der Waals surface area contributed by atoms with Crippen LogP contribution in [0.2, 0.25) is 5.02 Å². The average Bonchev–Trinajstić information content (AvgIpc) is 2.38. The standard InChI is InChI=1S/C15H11ClFNO2/c1-9(19)11-6-5-10(7-13(11)16)20-15-4-2-3-14(17)12(15)8-18/h2-7,9,19H,1H3. The first-order valence-electron chi connectivity index (χ1n) is 5.87. The zero-order valence-electron chi connectivity index (χ0n) is 10.6. The van der Waals surface area contributed by atoms with E-state index in [-0.39, 0.29) is 11.3 Å². The van der Waals surface area contributed by atoms with Gasteiger partial charge in [-0.25, -0.2) is 4.39 Å². The van der Waals surface area contributed by atoms with Gasteiger partial charge in [-0.3, -0.25) is 0 Å². The van der Waals surface area contributed by atoms with Gasteiger partial charge in [0.05, 0.1) is 11.1 Å². The third-order valence-corrected chi connectivity index (χ3v) is 3.06. The lowest BCUT2D eigenvalue weighted by molar-refractivity contribution is 0.199. The molecule has 1 atom stereocenters. The van der Waals surface area contributed by atoms with Crippen molar-refractivity contribution in [1.82, 2.24) is 0 Å². The molecule has 102 valence electrons. The second kappa shape index (κ2) is 5.91. The molecule has 0 aliphatic rings. The number of rotatable bonds is 3. The van der Waals surface area contributed by atoms with Crippen molar-refractivity contribution in [2.75, 3.05) is 0 Å². The van der Waals surface area contributed by atoms with Crippen LogP contribution in [-0.4, -0.2) is 5.11 Å². The van der Waals surface area contributed by atoms with Gasteiger partial charge in [0.1, 0.15) is 28.9 Å². The Labute approximate surface area is 120 Å². The summed E-state index contributed by atoms with van der Waals surface area (Å²) in [6.45, 7) is 1.60. The number of benzene rings is 2. The molecule has 1 unspecified atom stereocenters. The Morgan fingerprint density at radius 1 is 1.35 bits per heavy atom. The smallest absolute Gasteiger partial charge is 0.148 e. The molecule has 2 aromatic carbocycles. The summed E-state index contributed by atoms with van der Waals surface area (Å²) in [7, 11) is 0. The normalized spacial score (nSPS) is 11.8. The van der Waals surface area contributed by atoms with Gasteiger partial charge in [-0.2, -0.15) is 5.26 Å². The Morgan fingerprint density at radius 3 is 2.70 bits per heavy atom. The van der Waals surface area contributed by atoms with Crippen molar-refractivity contribution in [1.29, 1.82) is 5.26 Å². The summed E-state index contributed by atoms with van der Waals surface area (Å²) in [6.07, 6.45) is -0.694. The minimum atomic E-state index is -0.694. The third-order valence-electron chi connectivity index (χ3n) is 2.74. The van der Waals surface area contributed by atoms with E-state index in [4.69, 9.17) is 21.6 Å². The highest BCUT2D eigenvalue weighted by Crippen LogP contribution is 2.31. The van der Waals surface area contributed by atoms with Crippen molar-refractivity contribution in [3.63, 3.8) is 0 Å². The lowest BCUT2D eigenvalue weighted by Crippen LogP contribution is -1.94. The molecule has 0 radical (unpaired) electrons. The van der Waals surface area contributed by atoms with E-state index in [1.54, 1.807) is 25.1 Å². The number of nitriles is 1. The van der Waals surface area contributed by atoms with Crippen molar-refractivity contribution < 1.29 is 14.2 Å². The summed E-state index contributed by atoms with van der Waals surface area (Å²) in [5, 5.41) is 18.7. The Balaban J connectivity index is 2.34. The van der Waals surface area contributed by atoms with Crippen LogP contribution in [0.3, 0.4) is 0 Å². The molecular weight excluding hydrogens is 281 g/mol. The fraction of sp³-hybridized carbons (Fsp3) is 0.133. The molecule has 5 heteroatoms. The average molecular weight is 292 g/mol. The molecule has 2 rings (SSSR count). The largest absolute Gasteiger partial charge is 0.456 e. The number of hydrogen-bond donors (Lipinski definition) is 1. The SMILES string of the molecule is CC(O)c1ccc(Oc2cccc(F)c2C#N)cc1Cl. The van der Waals surface area contributed by atoms with Crippen LogP contribution in [0.15, 0.2) is 36.4 Å². The summed E-state index contributed by atoms with van der Waals surface area (Å²) >= 11 is 6.02. The number of hydrogen-bond acceptors (Lipinski definition) is 3. The molecule has 0 amide bonds. The highest BCUT2D eigenvalue weighted by molar-refractivity contribution is 6.31. The minimum Gasteiger partial charge on any atom is -0.456 e. The second-order valence-electron chi connectivity index (χ2n) is 4.19. The summed E-state index contributed by atoms with van der Waals surface area (Å²) in [6, 6.07) is 10.6. The molecule has 0 bridgehead atoms. The molecule has 0 saturated heterocycles. The molecule has 0 fully saturated rings. The lowest BCUT2D eigenvalue weighted by Gasteiger charge is -2.11. The van der Waals surface area contributed by atoms with Crippen LogP contribution in [0.25, 0.3) is 0 Å². The molecule has 0 heterocycles. The first-order valence-corrected chi connectivity index (χ1v) is 6.24. The van der Waals surface area contributed by atoms with E-state index >= 15 is 0 Å². The number of nitrogens with zero attached hydrogens (tertiary/aromatic N) is 1. The number of halogens is 2. The molecule has 0 aliphatic heterocycles. The van der Waals surface area contributed by atoms with Crippen LogP contribution < -0.4 is 4.74 Å². The zero-order valence-corrected chi connectivity index (χ0v) is 11.4. The van der Waals surface area contributed by atoms with Crippen molar-refractivity contribution in [3.8, 4) is 17.6 Å². The molecule has 20 heavy (non-hydrogen) atoms. The van der Waals surface area contributed by atoms with E-state index in [0.29, 0.717) is 16.3 Å². The Bertz CT molecular complexity index is 680. The van der Waals surface area contributed by atoms with Crippen LogP contribution in [0, 0.1) is 17.1 Å². The molecule has 0 saturated carbocycles. The summed E-state index contributed by atoms with van der Waals surface area (Å²) in [4.78, 5) is 0. The molecule has 0 aromatic heterocycles. The topological polar surface area (TPSA) is 53.2 Å². The van der Waals surface area contributed by atoms with E-state index in [2.05, 4.69) is 0 Å². The minimum absolute atomic E-state index is 0.119. The van der Waals surface area contributed by atoms with Gasteiger partial charge >= 0.3 is 0 Å². The predicted octanol–water partition coefficient (Wildman–Crippen LogP) is 4.20. The maximum atomic E-state index is 13.4. The van der Waals surface area contributed by atoms with Crippen molar-refractivity contribution >= 4 is 11.6 Å². The van der Waals surface area contributed by atoms with Gasteiger partial charge in [0.2, 0.25) is 0 Å². The zero-order chi connectivity index (χ0) is 14.7. The number of ether oxygens (including phenoxy) is 1. The van der Waals surface area contributed by atoms with E-state index in [1.807, 2.05) is 0 Å². The van der Waals surface area contributed by atoms with Gasteiger partial charge < -0.3 is 9.84 Å². The van der Waals surface area contributed by atoms with Gasteiger partial charge in [0.25, 0.3) is 0 Å². The van der Waals surface area contributed by atoms with Gasteiger partial charge in [0, 0.05) is 0 Å². The Morgan fingerprint density at radius 2 is 2.10 bits per heavy atom. The summed E-state index contributed by atoms with van der Waals surface area (Å²) < 4.78 is 18.9. The second-order valence-corrected chi connectivity index (χ2v) is 4.59. The fourth-order valence-corrected chi connectivity index (χ4v) is 2.06. The van der Waals surface area contributed by atoms with Crippen LogP contribution in [-0.2, 0) is 0 Å². The Kier molecular flexibility index (Phi) is 4.23. The third kappa shape index (κ3) is 2.90. The van der Waals surface area contributed by atoms with Crippen molar-refractivity contribution in [3.05, 3.63) is 58.4 Å². The van der Waals surface area contributed by atoms with Crippen LogP contribution in [0.1, 0.15) is 24.2 Å². The fourth-order valence-electron chi connectivity index (χ4n) is 1.74. The van der Waals surface area contributed by atoms with Gasteiger partial charge in [-0.1, -0.05) is 23.7 Å². The molecule has 0 spiro atoms. The summed E-state index contributed by atoms with van der Waals surface area (Å²) in [5.74, 6) is -0.161. The lowest BCUT2D eigenvalue weighted by atomic mass is 10.1. The van der Waals surface area contributed by atoms with Gasteiger partial charge in [0.15, 0.2) is 0 Å². The molecule has 0 aliphatic carbocycles. The first kappa shape index (κ1) is 14.3. The highest BCUT2D eigenvalue weighted by atomic mass is 35.5. The van der Waals surface area contributed by atoms with E-state index in [1.165, 1.54) is 24.3 Å². The Hall–Kier alpha value is -2.09. The van der Waals surface area contributed by atoms with Crippen molar-refractivity contribution in [2.24, 2.45) is 0 Å². The molecule has 3 nitrogen and oxygen atoms in total. The van der Waals surface area contributed by atoms with Crippen LogP contribution in [0.4, 0.5) is 4.39 Å². The first-order chi connectivity index (χ1) is 9.52. The predicted molar refractivity (Wildman–Crippen MR) is 73.3 cm³/mol. The van der Waals surface area contributed by atoms with Crippen LogP contribution in [0.5, 0.6) is 11.5 Å². The number of aliphatic hydroxyl groups excluding tert-OH is 1. The molecule has 2 aromatic rings. The van der Waals surface area contributed by atoms with Gasteiger partial charge in [-0.05, 0) is 36.8 Å².